The minimum Gasteiger partial charge on any atom is -0.319 e. The van der Waals surface area contributed by atoms with E-state index in [0.29, 0.717) is 11.9 Å². The van der Waals surface area contributed by atoms with Crippen molar-refractivity contribution >= 4 is 34.0 Å². The monoisotopic (exact) mass is 318 g/mol. The molecule has 0 amide bonds. The molecule has 0 fully saturated rings. The number of benzene rings is 1. The van der Waals surface area contributed by atoms with Crippen LogP contribution < -0.4 is 0 Å². The maximum absolute atomic E-state index is 6.17. The zero-order valence-electron chi connectivity index (χ0n) is 12.3. The lowest BCUT2D eigenvalue weighted by Crippen LogP contribution is -2.12. The van der Waals surface area contributed by atoms with Crippen molar-refractivity contribution in [2.24, 2.45) is 0 Å². The number of fused-ring (bicyclic) bond motifs is 1. The molecule has 0 N–H and O–H groups in total. The summed E-state index contributed by atoms with van der Waals surface area (Å²) in [5, 5.41) is 2.14. The maximum atomic E-state index is 6.17. The number of thiophene rings is 1. The molecule has 21 heavy (non-hydrogen) atoms. The van der Waals surface area contributed by atoms with Crippen molar-refractivity contribution in [3.05, 3.63) is 52.0 Å². The summed E-state index contributed by atoms with van der Waals surface area (Å²) in [6.07, 6.45) is 2.24. The SMILES string of the molecule is CCCC(c1cccs1)n1c(CCl)nc2cc(C)ccc21. The molecule has 0 spiro atoms. The maximum Gasteiger partial charge on any atom is 0.125 e. The second kappa shape index (κ2) is 6.20. The zero-order valence-corrected chi connectivity index (χ0v) is 13.9. The second-order valence-electron chi connectivity index (χ2n) is 5.34. The number of imidazole rings is 1. The van der Waals surface area contributed by atoms with Crippen LogP contribution in [0, 0.1) is 6.92 Å². The Balaban J connectivity index is 2.20. The van der Waals surface area contributed by atoms with E-state index < -0.39 is 0 Å². The van der Waals surface area contributed by atoms with Gasteiger partial charge in [-0.15, -0.1) is 22.9 Å². The number of hydrogen-bond acceptors (Lipinski definition) is 2. The van der Waals surface area contributed by atoms with Gasteiger partial charge < -0.3 is 4.57 Å². The summed E-state index contributed by atoms with van der Waals surface area (Å²) in [4.78, 5) is 6.12. The van der Waals surface area contributed by atoms with Gasteiger partial charge in [-0.1, -0.05) is 25.5 Å². The van der Waals surface area contributed by atoms with E-state index in [4.69, 9.17) is 16.6 Å². The van der Waals surface area contributed by atoms with Crippen LogP contribution in [0.5, 0.6) is 0 Å². The molecule has 1 aromatic carbocycles. The predicted molar refractivity (Wildman–Crippen MR) is 91.4 cm³/mol. The number of aryl methyl sites for hydroxylation is 1. The van der Waals surface area contributed by atoms with Crippen LogP contribution in [0.15, 0.2) is 35.7 Å². The molecule has 2 aromatic heterocycles. The largest absolute Gasteiger partial charge is 0.319 e. The predicted octanol–water partition coefficient (Wildman–Crippen LogP) is 5.53. The van der Waals surface area contributed by atoms with Gasteiger partial charge >= 0.3 is 0 Å². The zero-order chi connectivity index (χ0) is 14.8. The Morgan fingerprint density at radius 3 is 2.86 bits per heavy atom. The fraction of sp³-hybridized carbons (Fsp3) is 0.353. The summed E-state index contributed by atoms with van der Waals surface area (Å²) in [5.74, 6) is 1.41. The summed E-state index contributed by atoms with van der Waals surface area (Å²) < 4.78 is 2.33. The van der Waals surface area contributed by atoms with Crippen molar-refractivity contribution in [2.75, 3.05) is 0 Å². The highest BCUT2D eigenvalue weighted by Crippen LogP contribution is 2.33. The van der Waals surface area contributed by atoms with E-state index in [9.17, 15) is 0 Å². The van der Waals surface area contributed by atoms with Gasteiger partial charge in [-0.3, -0.25) is 0 Å². The van der Waals surface area contributed by atoms with Crippen LogP contribution in [0.25, 0.3) is 11.0 Å². The Kier molecular flexibility index (Phi) is 4.32. The molecule has 3 aromatic rings. The quantitative estimate of drug-likeness (QED) is 0.565. The normalized spacial score (nSPS) is 12.9. The third-order valence-corrected chi connectivity index (χ3v) is 5.00. The third kappa shape index (κ3) is 2.72. The van der Waals surface area contributed by atoms with Crippen LogP contribution in [-0.2, 0) is 5.88 Å². The highest BCUT2D eigenvalue weighted by Gasteiger charge is 2.20. The van der Waals surface area contributed by atoms with Crippen molar-refractivity contribution in [1.29, 1.82) is 0 Å². The molecule has 0 radical (unpaired) electrons. The molecule has 0 saturated carbocycles. The van der Waals surface area contributed by atoms with Gasteiger partial charge in [-0.05, 0) is 42.5 Å². The van der Waals surface area contributed by atoms with E-state index in [1.807, 2.05) is 11.3 Å². The van der Waals surface area contributed by atoms with Crippen LogP contribution in [0.2, 0.25) is 0 Å². The lowest BCUT2D eigenvalue weighted by atomic mass is 10.1. The molecule has 1 unspecified atom stereocenters. The molecule has 1 atom stereocenters. The van der Waals surface area contributed by atoms with E-state index in [1.165, 1.54) is 16.0 Å². The van der Waals surface area contributed by atoms with E-state index >= 15 is 0 Å². The number of hydrogen-bond donors (Lipinski definition) is 0. The first-order chi connectivity index (χ1) is 10.2. The van der Waals surface area contributed by atoms with Crippen LogP contribution >= 0.6 is 22.9 Å². The molecule has 3 rings (SSSR count). The van der Waals surface area contributed by atoms with Gasteiger partial charge in [0, 0.05) is 4.88 Å². The summed E-state index contributed by atoms with van der Waals surface area (Å²) >= 11 is 7.98. The minimum atomic E-state index is 0.330. The van der Waals surface area contributed by atoms with Crippen LogP contribution in [0.3, 0.4) is 0 Å². The van der Waals surface area contributed by atoms with Crippen molar-refractivity contribution in [3.63, 3.8) is 0 Å². The molecule has 0 aliphatic heterocycles. The van der Waals surface area contributed by atoms with Gasteiger partial charge in [0.15, 0.2) is 0 Å². The number of nitrogens with zero attached hydrogens (tertiary/aromatic N) is 2. The minimum absolute atomic E-state index is 0.330. The topological polar surface area (TPSA) is 17.8 Å². The third-order valence-electron chi connectivity index (χ3n) is 3.78. The van der Waals surface area contributed by atoms with Gasteiger partial charge in [-0.25, -0.2) is 4.98 Å². The first-order valence-corrected chi connectivity index (χ1v) is 8.72. The van der Waals surface area contributed by atoms with Crippen LogP contribution in [-0.4, -0.2) is 9.55 Å². The molecule has 0 saturated heterocycles. The smallest absolute Gasteiger partial charge is 0.125 e. The number of halogens is 1. The van der Waals surface area contributed by atoms with Gasteiger partial charge in [0.25, 0.3) is 0 Å². The molecular formula is C17H19ClN2S. The van der Waals surface area contributed by atoms with Crippen molar-refractivity contribution in [2.45, 2.75) is 38.6 Å². The first kappa shape index (κ1) is 14.6. The number of alkyl halides is 1. The Morgan fingerprint density at radius 1 is 1.33 bits per heavy atom. The van der Waals surface area contributed by atoms with Crippen LogP contribution in [0.4, 0.5) is 0 Å². The summed E-state index contributed by atoms with van der Waals surface area (Å²) in [6.45, 7) is 4.33. The molecule has 0 bridgehead atoms. The molecule has 2 heterocycles. The van der Waals surface area contributed by atoms with Crippen molar-refractivity contribution < 1.29 is 0 Å². The van der Waals surface area contributed by atoms with E-state index in [1.54, 1.807) is 0 Å². The summed E-state index contributed by atoms with van der Waals surface area (Å²) in [7, 11) is 0. The molecule has 2 nitrogen and oxygen atoms in total. The number of aromatic nitrogens is 2. The van der Waals surface area contributed by atoms with Gasteiger partial charge in [0.1, 0.15) is 5.82 Å². The lowest BCUT2D eigenvalue weighted by Gasteiger charge is -2.20. The Hall–Kier alpha value is -1.32. The first-order valence-electron chi connectivity index (χ1n) is 7.31. The Morgan fingerprint density at radius 2 is 2.19 bits per heavy atom. The average molecular weight is 319 g/mol. The Bertz CT molecular complexity index is 731. The van der Waals surface area contributed by atoms with Crippen molar-refractivity contribution in [1.82, 2.24) is 9.55 Å². The summed E-state index contributed by atoms with van der Waals surface area (Å²) in [5.41, 5.74) is 3.46. The average Bonchev–Trinajstić information content (AvgIpc) is 3.11. The number of rotatable bonds is 5. The fourth-order valence-corrected chi connectivity index (χ4v) is 3.89. The van der Waals surface area contributed by atoms with Crippen LogP contribution in [0.1, 0.15) is 42.1 Å². The van der Waals surface area contributed by atoms with E-state index in [2.05, 4.69) is 54.1 Å². The molecule has 110 valence electrons. The fourth-order valence-electron chi connectivity index (χ4n) is 2.85. The molecule has 4 heteroatoms. The highest BCUT2D eigenvalue weighted by molar-refractivity contribution is 7.10. The molecular weight excluding hydrogens is 300 g/mol. The summed E-state index contributed by atoms with van der Waals surface area (Å²) in [6, 6.07) is 11.1. The lowest BCUT2D eigenvalue weighted by molar-refractivity contribution is 0.540. The molecule has 0 aliphatic carbocycles. The van der Waals surface area contributed by atoms with Gasteiger partial charge in [0.05, 0.1) is 23.0 Å². The van der Waals surface area contributed by atoms with E-state index in [-0.39, 0.29) is 0 Å². The molecule has 0 aliphatic rings. The van der Waals surface area contributed by atoms with Gasteiger partial charge in [-0.2, -0.15) is 0 Å². The standard InChI is InChI=1S/C17H19ClN2S/c1-3-5-15(16-6-4-9-21-16)20-14-8-7-12(2)10-13(14)19-17(20)11-18/h4,6-10,15H,3,5,11H2,1-2H3. The Labute approximate surface area is 134 Å². The van der Waals surface area contributed by atoms with Gasteiger partial charge in [0.2, 0.25) is 0 Å². The second-order valence-corrected chi connectivity index (χ2v) is 6.59. The van der Waals surface area contributed by atoms with Crippen molar-refractivity contribution in [3.8, 4) is 0 Å². The van der Waals surface area contributed by atoms with E-state index in [0.717, 1.165) is 24.2 Å². The highest BCUT2D eigenvalue weighted by atomic mass is 35.5.